The van der Waals surface area contributed by atoms with Crippen LogP contribution in [0.3, 0.4) is 0 Å². The minimum absolute atomic E-state index is 0.0903. The molecule has 19 heavy (non-hydrogen) atoms. The Balaban J connectivity index is 2.17. The monoisotopic (exact) mass is 263 g/mol. The summed E-state index contributed by atoms with van der Waals surface area (Å²) in [6.45, 7) is 9.37. The van der Waals surface area contributed by atoms with E-state index in [2.05, 4.69) is 44.3 Å². The average molecular weight is 263 g/mol. The van der Waals surface area contributed by atoms with Gasteiger partial charge in [0, 0.05) is 13.1 Å². The molecule has 1 N–H and O–H groups in total. The Hall–Kier alpha value is -1.06. The van der Waals surface area contributed by atoms with E-state index in [1.165, 1.54) is 11.1 Å². The van der Waals surface area contributed by atoms with E-state index in [-0.39, 0.29) is 11.5 Å². The van der Waals surface area contributed by atoms with E-state index < -0.39 is 0 Å². The third-order valence-corrected chi connectivity index (χ3v) is 3.54. The van der Waals surface area contributed by atoms with Gasteiger partial charge in [-0.3, -0.25) is 0 Å². The molecule has 0 aliphatic carbocycles. The van der Waals surface area contributed by atoms with Crippen molar-refractivity contribution in [3.05, 3.63) is 29.3 Å². The fourth-order valence-electron chi connectivity index (χ4n) is 2.48. The second-order valence-corrected chi connectivity index (χ2v) is 6.19. The van der Waals surface area contributed by atoms with Gasteiger partial charge in [0.25, 0.3) is 0 Å². The topological polar surface area (TPSA) is 30.5 Å². The van der Waals surface area contributed by atoms with E-state index in [1.807, 2.05) is 0 Å². The smallest absolute Gasteiger partial charge is 0.122 e. The molecule has 0 radical (unpaired) electrons. The van der Waals surface area contributed by atoms with E-state index >= 15 is 0 Å². The molecule has 0 spiro atoms. The van der Waals surface area contributed by atoms with E-state index in [9.17, 15) is 0 Å². The standard InChI is InChI=1S/C16H25NO2/c1-16(2,3)14-10-12(5-6-15(14)18-4)9-13-11-17-7-8-19-13/h5-6,10,13,17H,7-9,11H2,1-4H3. The largest absolute Gasteiger partial charge is 0.496 e. The quantitative estimate of drug-likeness (QED) is 0.909. The van der Waals surface area contributed by atoms with Crippen LogP contribution in [0.1, 0.15) is 31.9 Å². The van der Waals surface area contributed by atoms with Gasteiger partial charge in [0.2, 0.25) is 0 Å². The predicted molar refractivity (Wildman–Crippen MR) is 78.0 cm³/mol. The van der Waals surface area contributed by atoms with E-state index in [0.717, 1.165) is 31.9 Å². The number of ether oxygens (including phenoxy) is 2. The third kappa shape index (κ3) is 3.71. The zero-order chi connectivity index (χ0) is 13.9. The lowest BCUT2D eigenvalue weighted by Crippen LogP contribution is -2.39. The minimum Gasteiger partial charge on any atom is -0.496 e. The summed E-state index contributed by atoms with van der Waals surface area (Å²) in [5, 5.41) is 3.37. The highest BCUT2D eigenvalue weighted by molar-refractivity contribution is 5.41. The summed E-state index contributed by atoms with van der Waals surface area (Å²) in [5.41, 5.74) is 2.67. The van der Waals surface area contributed by atoms with E-state index in [0.29, 0.717) is 0 Å². The van der Waals surface area contributed by atoms with Crippen LogP contribution in [0.2, 0.25) is 0 Å². The zero-order valence-corrected chi connectivity index (χ0v) is 12.5. The van der Waals surface area contributed by atoms with Gasteiger partial charge in [0.05, 0.1) is 19.8 Å². The molecule has 0 aromatic heterocycles. The number of nitrogens with one attached hydrogen (secondary N) is 1. The van der Waals surface area contributed by atoms with Crippen LogP contribution < -0.4 is 10.1 Å². The van der Waals surface area contributed by atoms with E-state index in [1.54, 1.807) is 7.11 Å². The minimum atomic E-state index is 0.0903. The molecule has 2 rings (SSSR count). The molecule has 0 bridgehead atoms. The lowest BCUT2D eigenvalue weighted by molar-refractivity contribution is 0.0292. The summed E-state index contributed by atoms with van der Waals surface area (Å²) in [4.78, 5) is 0. The molecule has 0 amide bonds. The summed E-state index contributed by atoms with van der Waals surface area (Å²) in [6, 6.07) is 6.48. The highest BCUT2D eigenvalue weighted by atomic mass is 16.5. The molecular formula is C16H25NO2. The van der Waals surface area contributed by atoms with Crippen molar-refractivity contribution < 1.29 is 9.47 Å². The highest BCUT2D eigenvalue weighted by Crippen LogP contribution is 2.32. The summed E-state index contributed by atoms with van der Waals surface area (Å²) in [5.74, 6) is 0.971. The normalized spacial score (nSPS) is 20.3. The van der Waals surface area contributed by atoms with Crippen LogP contribution in [0, 0.1) is 0 Å². The van der Waals surface area contributed by atoms with Crippen molar-refractivity contribution in [2.45, 2.75) is 38.7 Å². The third-order valence-electron chi connectivity index (χ3n) is 3.54. The Bertz CT molecular complexity index is 417. The van der Waals surface area contributed by atoms with Gasteiger partial charge in [-0.2, -0.15) is 0 Å². The van der Waals surface area contributed by atoms with Gasteiger partial charge in [0.15, 0.2) is 0 Å². The first-order valence-electron chi connectivity index (χ1n) is 7.00. The lowest BCUT2D eigenvalue weighted by Gasteiger charge is -2.26. The predicted octanol–water partition coefficient (Wildman–Crippen LogP) is 2.52. The molecule has 1 unspecified atom stereocenters. The molecular weight excluding hydrogens is 238 g/mol. The van der Waals surface area contributed by atoms with Crippen LogP contribution in [0.25, 0.3) is 0 Å². The van der Waals surface area contributed by atoms with Crippen molar-refractivity contribution in [1.29, 1.82) is 0 Å². The molecule has 0 saturated carbocycles. The fraction of sp³-hybridized carbons (Fsp3) is 0.625. The van der Waals surface area contributed by atoms with Crippen LogP contribution in [-0.4, -0.2) is 32.9 Å². The fourth-order valence-corrected chi connectivity index (χ4v) is 2.48. The SMILES string of the molecule is COc1ccc(CC2CNCCO2)cc1C(C)(C)C. The maximum atomic E-state index is 5.77. The van der Waals surface area contributed by atoms with Gasteiger partial charge < -0.3 is 14.8 Å². The van der Waals surface area contributed by atoms with Gasteiger partial charge in [-0.25, -0.2) is 0 Å². The second kappa shape index (κ2) is 5.93. The molecule has 1 aliphatic heterocycles. The Kier molecular flexibility index (Phi) is 4.48. The van der Waals surface area contributed by atoms with Crippen molar-refractivity contribution >= 4 is 0 Å². The van der Waals surface area contributed by atoms with Crippen molar-refractivity contribution in [3.8, 4) is 5.75 Å². The summed E-state index contributed by atoms with van der Waals surface area (Å²) < 4.78 is 11.2. The Labute approximate surface area is 116 Å². The Morgan fingerprint density at radius 3 is 2.74 bits per heavy atom. The number of morpholine rings is 1. The molecule has 106 valence electrons. The first kappa shape index (κ1) is 14.4. The number of hydrogen-bond donors (Lipinski definition) is 1. The molecule has 1 heterocycles. The second-order valence-electron chi connectivity index (χ2n) is 6.19. The van der Waals surface area contributed by atoms with Gasteiger partial charge in [-0.15, -0.1) is 0 Å². The van der Waals surface area contributed by atoms with Gasteiger partial charge >= 0.3 is 0 Å². The van der Waals surface area contributed by atoms with Crippen molar-refractivity contribution in [2.24, 2.45) is 0 Å². The number of benzene rings is 1. The number of hydrogen-bond acceptors (Lipinski definition) is 3. The van der Waals surface area contributed by atoms with Gasteiger partial charge in [-0.1, -0.05) is 32.9 Å². The molecule has 1 aliphatic rings. The first-order chi connectivity index (χ1) is 9.00. The molecule has 1 atom stereocenters. The molecule has 3 heteroatoms. The summed E-state index contributed by atoms with van der Waals surface area (Å²) >= 11 is 0. The average Bonchev–Trinajstić information content (AvgIpc) is 2.39. The highest BCUT2D eigenvalue weighted by Gasteiger charge is 2.20. The molecule has 3 nitrogen and oxygen atoms in total. The molecule has 1 aromatic rings. The zero-order valence-electron chi connectivity index (χ0n) is 12.5. The molecule has 1 saturated heterocycles. The molecule has 1 fully saturated rings. The van der Waals surface area contributed by atoms with Gasteiger partial charge in [0.1, 0.15) is 5.75 Å². The summed E-state index contributed by atoms with van der Waals surface area (Å²) in [6.07, 6.45) is 1.25. The van der Waals surface area contributed by atoms with Crippen LogP contribution in [0.15, 0.2) is 18.2 Å². The van der Waals surface area contributed by atoms with Crippen LogP contribution in [-0.2, 0) is 16.6 Å². The maximum Gasteiger partial charge on any atom is 0.122 e. The van der Waals surface area contributed by atoms with Crippen molar-refractivity contribution in [1.82, 2.24) is 5.32 Å². The van der Waals surface area contributed by atoms with Gasteiger partial charge in [-0.05, 0) is 29.0 Å². The van der Waals surface area contributed by atoms with E-state index in [4.69, 9.17) is 9.47 Å². The van der Waals surface area contributed by atoms with Crippen LogP contribution >= 0.6 is 0 Å². The van der Waals surface area contributed by atoms with Crippen LogP contribution in [0.5, 0.6) is 5.75 Å². The lowest BCUT2D eigenvalue weighted by atomic mass is 9.85. The van der Waals surface area contributed by atoms with Crippen LogP contribution in [0.4, 0.5) is 0 Å². The Morgan fingerprint density at radius 2 is 2.16 bits per heavy atom. The molecule has 1 aromatic carbocycles. The van der Waals surface area contributed by atoms with Crippen molar-refractivity contribution in [3.63, 3.8) is 0 Å². The number of methoxy groups -OCH3 is 1. The maximum absolute atomic E-state index is 5.77. The first-order valence-corrected chi connectivity index (χ1v) is 7.00. The Morgan fingerprint density at radius 1 is 1.37 bits per heavy atom. The van der Waals surface area contributed by atoms with Crippen molar-refractivity contribution in [2.75, 3.05) is 26.8 Å². The number of rotatable bonds is 3. The summed E-state index contributed by atoms with van der Waals surface area (Å²) in [7, 11) is 1.73.